The van der Waals surface area contributed by atoms with Crippen LogP contribution < -0.4 is 5.32 Å². The fourth-order valence-corrected chi connectivity index (χ4v) is 1.25. The van der Waals surface area contributed by atoms with Crippen LogP contribution in [0.2, 0.25) is 0 Å². The van der Waals surface area contributed by atoms with E-state index in [1.165, 1.54) is 12.1 Å². The Morgan fingerprint density at radius 2 is 2.12 bits per heavy atom. The van der Waals surface area contributed by atoms with Crippen LogP contribution >= 0.6 is 0 Å². The number of aromatic hydroxyl groups is 2. The summed E-state index contributed by atoms with van der Waals surface area (Å²) in [4.78, 5) is 11.6. The number of aliphatic hydroxyl groups is 1. The zero-order chi connectivity index (χ0) is 12.1. The Balaban J connectivity index is 2.80. The number of phenolic OH excluding ortho intramolecular Hbond substituents is 2. The Morgan fingerprint density at radius 1 is 1.44 bits per heavy atom. The molecule has 1 aromatic rings. The molecular formula is C11H15NO4. The molecule has 5 heteroatoms. The predicted molar refractivity (Wildman–Crippen MR) is 58.4 cm³/mol. The molecule has 0 saturated carbocycles. The molecular weight excluding hydrogens is 210 g/mol. The van der Waals surface area contributed by atoms with Crippen LogP contribution in [-0.2, 0) is 0 Å². The summed E-state index contributed by atoms with van der Waals surface area (Å²) < 4.78 is 0. The second-order valence-corrected chi connectivity index (χ2v) is 3.46. The molecule has 0 aliphatic rings. The van der Waals surface area contributed by atoms with Crippen LogP contribution in [0.25, 0.3) is 0 Å². The smallest absolute Gasteiger partial charge is 0.255 e. The van der Waals surface area contributed by atoms with Crippen molar-refractivity contribution in [3.8, 4) is 11.5 Å². The predicted octanol–water partition coefficient (Wildman–Crippen LogP) is 0.599. The lowest BCUT2D eigenvalue weighted by Crippen LogP contribution is -2.36. The van der Waals surface area contributed by atoms with E-state index in [0.29, 0.717) is 6.42 Å². The first-order valence-corrected chi connectivity index (χ1v) is 5.02. The number of benzene rings is 1. The van der Waals surface area contributed by atoms with Crippen molar-refractivity contribution >= 4 is 5.91 Å². The van der Waals surface area contributed by atoms with Gasteiger partial charge in [0, 0.05) is 6.07 Å². The van der Waals surface area contributed by atoms with Gasteiger partial charge in [0.1, 0.15) is 11.5 Å². The number of hydrogen-bond donors (Lipinski definition) is 4. The highest BCUT2D eigenvalue weighted by Gasteiger charge is 2.14. The Hall–Kier alpha value is -1.75. The average Bonchev–Trinajstić information content (AvgIpc) is 2.25. The molecule has 0 spiro atoms. The second-order valence-electron chi connectivity index (χ2n) is 3.46. The fourth-order valence-electron chi connectivity index (χ4n) is 1.25. The van der Waals surface area contributed by atoms with Crippen LogP contribution in [-0.4, -0.2) is 33.9 Å². The Morgan fingerprint density at radius 3 is 2.62 bits per heavy atom. The largest absolute Gasteiger partial charge is 0.508 e. The topological polar surface area (TPSA) is 89.8 Å². The molecule has 0 fully saturated rings. The highest BCUT2D eigenvalue weighted by atomic mass is 16.3. The van der Waals surface area contributed by atoms with Gasteiger partial charge in [-0.2, -0.15) is 0 Å². The Kier molecular flexibility index (Phi) is 4.13. The summed E-state index contributed by atoms with van der Waals surface area (Å²) in [5.74, 6) is -0.869. The van der Waals surface area contributed by atoms with Crippen LogP contribution in [0.3, 0.4) is 0 Å². The van der Waals surface area contributed by atoms with Gasteiger partial charge in [0.25, 0.3) is 5.91 Å². The van der Waals surface area contributed by atoms with Gasteiger partial charge in [-0.3, -0.25) is 4.79 Å². The summed E-state index contributed by atoms with van der Waals surface area (Å²) in [5, 5.41) is 30.0. The lowest BCUT2D eigenvalue weighted by Gasteiger charge is -2.14. The van der Waals surface area contributed by atoms with Crippen molar-refractivity contribution in [2.75, 3.05) is 6.61 Å². The van der Waals surface area contributed by atoms with E-state index in [2.05, 4.69) is 5.32 Å². The molecule has 4 N–H and O–H groups in total. The molecule has 0 radical (unpaired) electrons. The van der Waals surface area contributed by atoms with E-state index < -0.39 is 5.91 Å². The van der Waals surface area contributed by atoms with E-state index in [1.54, 1.807) is 0 Å². The van der Waals surface area contributed by atoms with Crippen LogP contribution in [0.15, 0.2) is 18.2 Å². The van der Waals surface area contributed by atoms with Crippen molar-refractivity contribution in [2.24, 2.45) is 0 Å². The lowest BCUT2D eigenvalue weighted by molar-refractivity contribution is 0.0912. The SMILES string of the molecule is CCC(CO)NC(=O)c1ccc(O)cc1O. The van der Waals surface area contributed by atoms with Crippen molar-refractivity contribution in [2.45, 2.75) is 19.4 Å². The minimum atomic E-state index is -0.474. The van der Waals surface area contributed by atoms with Gasteiger partial charge in [0.05, 0.1) is 18.2 Å². The molecule has 16 heavy (non-hydrogen) atoms. The molecule has 0 aliphatic carbocycles. The van der Waals surface area contributed by atoms with Crippen LogP contribution in [0.5, 0.6) is 11.5 Å². The van der Waals surface area contributed by atoms with Crippen molar-refractivity contribution < 1.29 is 20.1 Å². The molecule has 0 aromatic heterocycles. The zero-order valence-corrected chi connectivity index (χ0v) is 8.97. The van der Waals surface area contributed by atoms with E-state index in [9.17, 15) is 9.90 Å². The van der Waals surface area contributed by atoms with Gasteiger partial charge in [-0.15, -0.1) is 0 Å². The van der Waals surface area contributed by atoms with Gasteiger partial charge in [0.15, 0.2) is 0 Å². The van der Waals surface area contributed by atoms with Crippen molar-refractivity contribution in [1.82, 2.24) is 5.32 Å². The van der Waals surface area contributed by atoms with Crippen LogP contribution in [0.4, 0.5) is 0 Å². The van der Waals surface area contributed by atoms with Gasteiger partial charge in [-0.25, -0.2) is 0 Å². The van der Waals surface area contributed by atoms with Crippen LogP contribution in [0, 0.1) is 0 Å². The first-order valence-electron chi connectivity index (χ1n) is 5.02. The molecule has 1 aromatic carbocycles. The fraction of sp³-hybridized carbons (Fsp3) is 0.364. The van der Waals surface area contributed by atoms with E-state index >= 15 is 0 Å². The number of hydrogen-bond acceptors (Lipinski definition) is 4. The standard InChI is InChI=1S/C11H15NO4/c1-2-7(6-13)12-11(16)9-4-3-8(14)5-10(9)15/h3-5,7,13-15H,2,6H2,1H3,(H,12,16). The van der Waals surface area contributed by atoms with Crippen molar-refractivity contribution in [3.63, 3.8) is 0 Å². The number of carbonyl (C=O) groups is 1. The molecule has 0 heterocycles. The molecule has 1 atom stereocenters. The summed E-state index contributed by atoms with van der Waals surface area (Å²) in [7, 11) is 0. The molecule has 5 nitrogen and oxygen atoms in total. The summed E-state index contributed by atoms with van der Waals surface area (Å²) in [6.45, 7) is 1.68. The van der Waals surface area contributed by atoms with Gasteiger partial charge in [-0.1, -0.05) is 6.92 Å². The Bertz CT molecular complexity index is 374. The molecule has 88 valence electrons. The molecule has 0 bridgehead atoms. The van der Waals surface area contributed by atoms with Crippen molar-refractivity contribution in [3.05, 3.63) is 23.8 Å². The quantitative estimate of drug-likeness (QED) is 0.604. The maximum absolute atomic E-state index is 11.6. The molecule has 1 amide bonds. The van der Waals surface area contributed by atoms with E-state index in [-0.39, 0.29) is 29.7 Å². The second kappa shape index (κ2) is 5.37. The number of carbonyl (C=O) groups excluding carboxylic acids is 1. The maximum atomic E-state index is 11.6. The highest BCUT2D eigenvalue weighted by molar-refractivity contribution is 5.97. The average molecular weight is 225 g/mol. The van der Waals surface area contributed by atoms with E-state index in [0.717, 1.165) is 6.07 Å². The monoisotopic (exact) mass is 225 g/mol. The van der Waals surface area contributed by atoms with Gasteiger partial charge >= 0.3 is 0 Å². The summed E-state index contributed by atoms with van der Waals surface area (Å²) in [5.41, 5.74) is 0.0738. The first kappa shape index (κ1) is 12.3. The number of rotatable bonds is 4. The third kappa shape index (κ3) is 2.87. The summed E-state index contributed by atoms with van der Waals surface area (Å²) in [6.07, 6.45) is 0.598. The van der Waals surface area contributed by atoms with Gasteiger partial charge in [-0.05, 0) is 18.6 Å². The van der Waals surface area contributed by atoms with Crippen LogP contribution in [0.1, 0.15) is 23.7 Å². The molecule has 1 rings (SSSR count). The number of phenols is 2. The minimum absolute atomic E-state index is 0.0738. The van der Waals surface area contributed by atoms with E-state index in [1.807, 2.05) is 6.92 Å². The highest BCUT2D eigenvalue weighted by Crippen LogP contribution is 2.22. The Labute approximate surface area is 93.4 Å². The third-order valence-electron chi connectivity index (χ3n) is 2.27. The zero-order valence-electron chi connectivity index (χ0n) is 8.97. The van der Waals surface area contributed by atoms with Gasteiger partial charge < -0.3 is 20.6 Å². The summed E-state index contributed by atoms with van der Waals surface area (Å²) in [6, 6.07) is 3.40. The first-order chi connectivity index (χ1) is 7.58. The molecule has 1 unspecified atom stereocenters. The van der Waals surface area contributed by atoms with E-state index in [4.69, 9.17) is 10.2 Å². The summed E-state index contributed by atoms with van der Waals surface area (Å²) >= 11 is 0. The third-order valence-corrected chi connectivity index (χ3v) is 2.27. The lowest BCUT2D eigenvalue weighted by atomic mass is 10.1. The normalized spacial score (nSPS) is 12.1. The molecule has 0 saturated heterocycles. The number of aliphatic hydroxyl groups excluding tert-OH is 1. The van der Waals surface area contributed by atoms with Crippen molar-refractivity contribution in [1.29, 1.82) is 0 Å². The molecule has 0 aliphatic heterocycles. The number of amides is 1. The number of nitrogens with one attached hydrogen (secondary N) is 1. The van der Waals surface area contributed by atoms with Gasteiger partial charge in [0.2, 0.25) is 0 Å². The minimum Gasteiger partial charge on any atom is -0.508 e. The maximum Gasteiger partial charge on any atom is 0.255 e.